The van der Waals surface area contributed by atoms with E-state index in [9.17, 15) is 0 Å². The van der Waals surface area contributed by atoms with Crippen LogP contribution in [0.1, 0.15) is 32.1 Å². The van der Waals surface area contributed by atoms with E-state index in [4.69, 9.17) is 13.3 Å². The van der Waals surface area contributed by atoms with Gasteiger partial charge in [0, 0.05) is 32.6 Å². The largest absolute Gasteiger partial charge is 0.500 e. The van der Waals surface area contributed by atoms with Gasteiger partial charge in [-0.25, -0.2) is 0 Å². The van der Waals surface area contributed by atoms with Crippen LogP contribution in [0.5, 0.6) is 0 Å². The standard InChI is InChI=1S/C11H25IO3SSi/c1-13-17(14-2,15-3)10-6-8-11(16)7-4-5-9-12/h11,16H,4-10H2,1-3H3. The first-order valence-electron chi connectivity index (χ1n) is 6.03. The molecule has 0 aliphatic heterocycles. The smallest absolute Gasteiger partial charge is 0.377 e. The van der Waals surface area contributed by atoms with Crippen molar-refractivity contribution in [2.45, 2.75) is 43.4 Å². The molecule has 0 heterocycles. The van der Waals surface area contributed by atoms with E-state index < -0.39 is 8.80 Å². The second-order valence-corrected chi connectivity index (χ2v) is 8.93. The van der Waals surface area contributed by atoms with Crippen LogP contribution in [0, 0.1) is 0 Å². The fourth-order valence-corrected chi connectivity index (χ4v) is 4.38. The molecule has 0 amide bonds. The van der Waals surface area contributed by atoms with Crippen molar-refractivity contribution in [1.82, 2.24) is 0 Å². The summed E-state index contributed by atoms with van der Waals surface area (Å²) in [5.74, 6) is 0. The first kappa shape index (κ1) is 18.2. The van der Waals surface area contributed by atoms with Gasteiger partial charge in [0.05, 0.1) is 0 Å². The van der Waals surface area contributed by atoms with E-state index in [0.29, 0.717) is 5.25 Å². The van der Waals surface area contributed by atoms with Crippen molar-refractivity contribution in [2.24, 2.45) is 0 Å². The molecule has 1 atom stereocenters. The van der Waals surface area contributed by atoms with E-state index in [1.165, 1.54) is 23.7 Å². The van der Waals surface area contributed by atoms with Crippen LogP contribution < -0.4 is 0 Å². The van der Waals surface area contributed by atoms with Crippen LogP contribution >= 0.6 is 35.2 Å². The minimum Gasteiger partial charge on any atom is -0.377 e. The highest BCUT2D eigenvalue weighted by molar-refractivity contribution is 14.1. The number of hydrogen-bond donors (Lipinski definition) is 1. The van der Waals surface area contributed by atoms with E-state index in [-0.39, 0.29) is 0 Å². The van der Waals surface area contributed by atoms with Crippen molar-refractivity contribution >= 4 is 44.0 Å². The van der Waals surface area contributed by atoms with E-state index >= 15 is 0 Å². The van der Waals surface area contributed by atoms with Gasteiger partial charge in [-0.2, -0.15) is 12.6 Å². The highest BCUT2D eigenvalue weighted by Crippen LogP contribution is 2.20. The van der Waals surface area contributed by atoms with Crippen LogP contribution in [0.3, 0.4) is 0 Å². The monoisotopic (exact) mass is 392 g/mol. The minimum absolute atomic E-state index is 0.496. The molecule has 0 radical (unpaired) electrons. The fraction of sp³-hybridized carbons (Fsp3) is 1.00. The summed E-state index contributed by atoms with van der Waals surface area (Å²) in [5.41, 5.74) is 0. The number of halogens is 1. The first-order chi connectivity index (χ1) is 8.14. The van der Waals surface area contributed by atoms with Gasteiger partial charge in [-0.15, -0.1) is 0 Å². The molecule has 17 heavy (non-hydrogen) atoms. The molecular weight excluding hydrogens is 367 g/mol. The topological polar surface area (TPSA) is 27.7 Å². The van der Waals surface area contributed by atoms with Crippen molar-refractivity contribution in [1.29, 1.82) is 0 Å². The molecule has 0 aliphatic carbocycles. The van der Waals surface area contributed by atoms with Gasteiger partial charge in [0.25, 0.3) is 0 Å². The van der Waals surface area contributed by atoms with Crippen molar-refractivity contribution in [3.05, 3.63) is 0 Å². The molecule has 0 saturated heterocycles. The summed E-state index contributed by atoms with van der Waals surface area (Å²) in [4.78, 5) is 0. The Labute approximate surface area is 126 Å². The van der Waals surface area contributed by atoms with Gasteiger partial charge < -0.3 is 13.3 Å². The van der Waals surface area contributed by atoms with E-state index in [0.717, 1.165) is 18.9 Å². The molecule has 0 N–H and O–H groups in total. The molecule has 0 spiro atoms. The summed E-state index contributed by atoms with van der Waals surface area (Å²) in [6.07, 6.45) is 5.94. The molecule has 0 fully saturated rings. The maximum atomic E-state index is 5.39. The number of hydrogen-bond acceptors (Lipinski definition) is 4. The Morgan fingerprint density at radius 2 is 1.53 bits per heavy atom. The van der Waals surface area contributed by atoms with Gasteiger partial charge in [0.1, 0.15) is 0 Å². The maximum absolute atomic E-state index is 5.39. The number of alkyl halides is 1. The third-order valence-corrected chi connectivity index (χ3v) is 6.99. The highest BCUT2D eigenvalue weighted by Gasteiger charge is 2.36. The molecule has 3 nitrogen and oxygen atoms in total. The lowest BCUT2D eigenvalue weighted by Gasteiger charge is -2.24. The van der Waals surface area contributed by atoms with Gasteiger partial charge in [-0.3, -0.25) is 0 Å². The Hall–Kier alpha value is 1.18. The molecule has 6 heteroatoms. The van der Waals surface area contributed by atoms with Crippen molar-refractivity contribution in [3.63, 3.8) is 0 Å². The lowest BCUT2D eigenvalue weighted by Crippen LogP contribution is -2.42. The van der Waals surface area contributed by atoms with Gasteiger partial charge in [-0.05, 0) is 30.1 Å². The summed E-state index contributed by atoms with van der Waals surface area (Å²) >= 11 is 7.03. The lowest BCUT2D eigenvalue weighted by atomic mass is 10.1. The SMILES string of the molecule is CO[Si](CCCC(S)CCCCI)(OC)OC. The Kier molecular flexibility index (Phi) is 11.8. The Balaban J connectivity index is 3.73. The third kappa shape index (κ3) is 8.04. The molecule has 0 aliphatic rings. The second-order valence-electron chi connectivity index (χ2n) is 4.03. The predicted molar refractivity (Wildman–Crippen MR) is 86.3 cm³/mol. The van der Waals surface area contributed by atoms with Crippen LogP contribution in [-0.4, -0.2) is 39.8 Å². The molecule has 0 aromatic carbocycles. The Bertz CT molecular complexity index is 174. The zero-order valence-corrected chi connectivity index (χ0v) is 15.1. The normalized spacial score (nSPS) is 13.9. The van der Waals surface area contributed by atoms with E-state index in [2.05, 4.69) is 35.2 Å². The quantitative estimate of drug-likeness (QED) is 0.192. The number of rotatable bonds is 11. The molecule has 0 rings (SSSR count). The Morgan fingerprint density at radius 1 is 1.00 bits per heavy atom. The van der Waals surface area contributed by atoms with Crippen LogP contribution in [0.25, 0.3) is 0 Å². The van der Waals surface area contributed by atoms with E-state index in [1.807, 2.05) is 0 Å². The maximum Gasteiger partial charge on any atom is 0.500 e. The zero-order chi connectivity index (χ0) is 13.1. The minimum atomic E-state index is -2.36. The van der Waals surface area contributed by atoms with Gasteiger partial charge in [0.2, 0.25) is 0 Å². The summed E-state index contributed by atoms with van der Waals surface area (Å²) in [6, 6.07) is 0.875. The van der Waals surface area contributed by atoms with Crippen LogP contribution in [0.2, 0.25) is 6.04 Å². The summed E-state index contributed by atoms with van der Waals surface area (Å²) in [5, 5.41) is 0.496. The van der Waals surface area contributed by atoms with Gasteiger partial charge in [-0.1, -0.05) is 29.0 Å². The average molecular weight is 392 g/mol. The zero-order valence-electron chi connectivity index (χ0n) is 11.1. The summed E-state index contributed by atoms with van der Waals surface area (Å²) < 4.78 is 17.4. The van der Waals surface area contributed by atoms with Gasteiger partial charge in [0.15, 0.2) is 0 Å². The Morgan fingerprint density at radius 3 is 2.00 bits per heavy atom. The molecule has 0 bridgehead atoms. The third-order valence-electron chi connectivity index (χ3n) is 2.87. The number of thiol groups is 1. The fourth-order valence-electron chi connectivity index (χ4n) is 1.73. The molecule has 0 saturated carbocycles. The lowest BCUT2D eigenvalue weighted by molar-refractivity contribution is 0.123. The van der Waals surface area contributed by atoms with Crippen molar-refractivity contribution in [3.8, 4) is 0 Å². The van der Waals surface area contributed by atoms with Crippen molar-refractivity contribution in [2.75, 3.05) is 25.8 Å². The van der Waals surface area contributed by atoms with Gasteiger partial charge >= 0.3 is 8.80 Å². The second kappa shape index (κ2) is 11.0. The van der Waals surface area contributed by atoms with Crippen LogP contribution in [-0.2, 0) is 13.3 Å². The van der Waals surface area contributed by atoms with Crippen LogP contribution in [0.15, 0.2) is 0 Å². The van der Waals surface area contributed by atoms with E-state index in [1.54, 1.807) is 21.3 Å². The van der Waals surface area contributed by atoms with Crippen molar-refractivity contribution < 1.29 is 13.3 Å². The number of unbranched alkanes of at least 4 members (excludes halogenated alkanes) is 1. The summed E-state index contributed by atoms with van der Waals surface area (Å²) in [7, 11) is 2.64. The predicted octanol–water partition coefficient (Wildman–Crippen LogP) is 3.55. The first-order valence-corrected chi connectivity index (χ1v) is 10.0. The molecule has 1 unspecified atom stereocenters. The average Bonchev–Trinajstić information content (AvgIpc) is 2.36. The highest BCUT2D eigenvalue weighted by atomic mass is 127. The molecular formula is C11H25IO3SSi. The summed E-state index contributed by atoms with van der Waals surface area (Å²) in [6.45, 7) is 0. The molecule has 104 valence electrons. The van der Waals surface area contributed by atoms with Crippen LogP contribution in [0.4, 0.5) is 0 Å². The molecule has 0 aromatic heterocycles. The molecule has 0 aromatic rings.